The molecule has 0 aliphatic heterocycles. The molecule has 0 atom stereocenters. The summed E-state index contributed by atoms with van der Waals surface area (Å²) in [5.41, 5.74) is 2.89. The zero-order valence-electron chi connectivity index (χ0n) is 12.3. The molecule has 0 saturated heterocycles. The van der Waals surface area contributed by atoms with Crippen molar-refractivity contribution in [2.75, 3.05) is 5.32 Å². The molecule has 112 valence electrons. The van der Waals surface area contributed by atoms with E-state index in [9.17, 15) is 15.2 Å². The molecular formula is C16H15N3O3. The van der Waals surface area contributed by atoms with Crippen molar-refractivity contribution in [3.05, 3.63) is 62.7 Å². The smallest absolute Gasteiger partial charge is 0.293 e. The number of phenols is 1. The molecule has 0 aliphatic carbocycles. The number of phenolic OH excluding ortho intramolecular Hbond substituents is 1. The first-order valence-corrected chi connectivity index (χ1v) is 6.64. The number of rotatable bonds is 4. The molecule has 22 heavy (non-hydrogen) atoms. The summed E-state index contributed by atoms with van der Waals surface area (Å²) in [6, 6.07) is 9.83. The van der Waals surface area contributed by atoms with Crippen LogP contribution in [0.5, 0.6) is 5.75 Å². The first kappa shape index (κ1) is 15.3. The van der Waals surface area contributed by atoms with Gasteiger partial charge in [-0.05, 0) is 42.7 Å². The van der Waals surface area contributed by atoms with Crippen LogP contribution >= 0.6 is 0 Å². The molecule has 0 aromatic heterocycles. The molecule has 0 amide bonds. The molecule has 6 nitrogen and oxygen atoms in total. The molecule has 2 aromatic carbocycles. The van der Waals surface area contributed by atoms with Crippen LogP contribution < -0.4 is 5.32 Å². The minimum atomic E-state index is -0.517. The monoisotopic (exact) mass is 297 g/mol. The fraction of sp³-hybridized carbons (Fsp3) is 0.188. The minimum Gasteiger partial charge on any atom is -0.507 e. The first-order valence-electron chi connectivity index (χ1n) is 6.64. The van der Waals surface area contributed by atoms with Crippen LogP contribution in [0.25, 0.3) is 0 Å². The molecule has 2 rings (SSSR count). The highest BCUT2D eigenvalue weighted by molar-refractivity contribution is 5.64. The van der Waals surface area contributed by atoms with Crippen molar-refractivity contribution in [1.29, 1.82) is 5.26 Å². The number of anilines is 1. The molecule has 0 aliphatic rings. The van der Waals surface area contributed by atoms with Gasteiger partial charge in [0.1, 0.15) is 11.4 Å². The number of nitrogens with zero attached hydrogens (tertiary/aromatic N) is 2. The van der Waals surface area contributed by atoms with Gasteiger partial charge in [-0.1, -0.05) is 12.1 Å². The number of nitro benzene ring substituents is 1. The molecular weight excluding hydrogens is 282 g/mol. The summed E-state index contributed by atoms with van der Waals surface area (Å²) in [4.78, 5) is 10.6. The summed E-state index contributed by atoms with van der Waals surface area (Å²) in [6.07, 6.45) is 0. The number of aromatic hydroxyl groups is 1. The molecule has 0 bridgehead atoms. The van der Waals surface area contributed by atoms with Gasteiger partial charge >= 0.3 is 0 Å². The van der Waals surface area contributed by atoms with Crippen LogP contribution in [0.15, 0.2) is 30.3 Å². The molecule has 0 fully saturated rings. The van der Waals surface area contributed by atoms with Crippen LogP contribution in [0.4, 0.5) is 11.4 Å². The Balaban J connectivity index is 2.25. The van der Waals surface area contributed by atoms with Gasteiger partial charge in [-0.2, -0.15) is 5.26 Å². The van der Waals surface area contributed by atoms with Crippen molar-refractivity contribution < 1.29 is 10.0 Å². The summed E-state index contributed by atoms with van der Waals surface area (Å²) < 4.78 is 0. The fourth-order valence-electron chi connectivity index (χ4n) is 2.25. The van der Waals surface area contributed by atoms with Gasteiger partial charge in [0.25, 0.3) is 5.69 Å². The highest BCUT2D eigenvalue weighted by Gasteiger charge is 2.14. The normalized spacial score (nSPS) is 10.0. The Hall–Kier alpha value is -3.07. The second-order valence-corrected chi connectivity index (χ2v) is 5.03. The Morgan fingerprint density at radius 1 is 1.27 bits per heavy atom. The Bertz CT molecular complexity index is 756. The number of benzene rings is 2. The van der Waals surface area contributed by atoms with E-state index in [0.717, 1.165) is 16.7 Å². The molecule has 0 heterocycles. The Kier molecular flexibility index (Phi) is 4.28. The third-order valence-electron chi connectivity index (χ3n) is 3.36. The van der Waals surface area contributed by atoms with Crippen LogP contribution in [0.1, 0.15) is 22.3 Å². The summed E-state index contributed by atoms with van der Waals surface area (Å²) in [6.45, 7) is 3.99. The number of hydrogen-bond acceptors (Lipinski definition) is 5. The molecule has 0 saturated carbocycles. The third-order valence-corrected chi connectivity index (χ3v) is 3.36. The Labute approximate surface area is 127 Å². The van der Waals surface area contributed by atoms with E-state index in [4.69, 9.17) is 5.26 Å². The maximum Gasteiger partial charge on any atom is 0.293 e. The van der Waals surface area contributed by atoms with Crippen LogP contribution in [0.2, 0.25) is 0 Å². The van der Waals surface area contributed by atoms with E-state index in [-0.39, 0.29) is 17.0 Å². The van der Waals surface area contributed by atoms with Gasteiger partial charge in [-0.25, -0.2) is 0 Å². The van der Waals surface area contributed by atoms with Crippen LogP contribution in [0.3, 0.4) is 0 Å². The third kappa shape index (κ3) is 3.15. The minimum absolute atomic E-state index is 0.133. The zero-order chi connectivity index (χ0) is 16.3. The topological polar surface area (TPSA) is 99.2 Å². The SMILES string of the molecule is Cc1cc(CNc2ccc(C#N)cc2[N+](=O)[O-])cc(C)c1O. The van der Waals surface area contributed by atoms with Crippen LogP contribution in [-0.4, -0.2) is 10.0 Å². The van der Waals surface area contributed by atoms with Crippen molar-refractivity contribution in [3.8, 4) is 11.8 Å². The Morgan fingerprint density at radius 2 is 1.91 bits per heavy atom. The van der Waals surface area contributed by atoms with Gasteiger partial charge in [0, 0.05) is 12.6 Å². The lowest BCUT2D eigenvalue weighted by Crippen LogP contribution is -2.03. The first-order chi connectivity index (χ1) is 10.4. The number of nitriles is 1. The van der Waals surface area contributed by atoms with Gasteiger partial charge in [0.15, 0.2) is 0 Å². The zero-order valence-corrected chi connectivity index (χ0v) is 12.3. The number of hydrogen-bond donors (Lipinski definition) is 2. The lowest BCUT2D eigenvalue weighted by Gasteiger charge is -2.10. The van der Waals surface area contributed by atoms with Gasteiger partial charge in [0.2, 0.25) is 0 Å². The van der Waals surface area contributed by atoms with Gasteiger partial charge < -0.3 is 10.4 Å². The van der Waals surface area contributed by atoms with Crippen molar-refractivity contribution in [1.82, 2.24) is 0 Å². The van der Waals surface area contributed by atoms with E-state index in [0.29, 0.717) is 12.2 Å². The summed E-state index contributed by atoms with van der Waals surface area (Å²) in [5.74, 6) is 0.258. The summed E-state index contributed by atoms with van der Waals surface area (Å²) in [7, 11) is 0. The number of nitrogens with one attached hydrogen (secondary N) is 1. The van der Waals surface area contributed by atoms with Gasteiger partial charge in [-0.3, -0.25) is 10.1 Å². The summed E-state index contributed by atoms with van der Waals surface area (Å²) >= 11 is 0. The van der Waals surface area contributed by atoms with E-state index in [1.54, 1.807) is 13.8 Å². The van der Waals surface area contributed by atoms with E-state index in [2.05, 4.69) is 5.32 Å². The molecule has 6 heteroatoms. The van der Waals surface area contributed by atoms with Crippen molar-refractivity contribution in [2.24, 2.45) is 0 Å². The van der Waals surface area contributed by atoms with E-state index < -0.39 is 4.92 Å². The predicted molar refractivity (Wildman–Crippen MR) is 82.7 cm³/mol. The van der Waals surface area contributed by atoms with E-state index >= 15 is 0 Å². The van der Waals surface area contributed by atoms with Crippen molar-refractivity contribution in [3.63, 3.8) is 0 Å². The van der Waals surface area contributed by atoms with E-state index in [1.807, 2.05) is 18.2 Å². The molecule has 0 radical (unpaired) electrons. The largest absolute Gasteiger partial charge is 0.507 e. The van der Waals surface area contributed by atoms with Crippen LogP contribution in [-0.2, 0) is 6.54 Å². The van der Waals surface area contributed by atoms with Crippen molar-refractivity contribution in [2.45, 2.75) is 20.4 Å². The average Bonchev–Trinajstić information content (AvgIpc) is 2.50. The highest BCUT2D eigenvalue weighted by atomic mass is 16.6. The maximum absolute atomic E-state index is 11.1. The van der Waals surface area contributed by atoms with Crippen LogP contribution in [0, 0.1) is 35.3 Å². The van der Waals surface area contributed by atoms with Gasteiger partial charge in [0.05, 0.1) is 16.6 Å². The quantitative estimate of drug-likeness (QED) is 0.665. The summed E-state index contributed by atoms with van der Waals surface area (Å²) in [5, 5.41) is 32.6. The van der Waals surface area contributed by atoms with E-state index in [1.165, 1.54) is 18.2 Å². The molecule has 2 N–H and O–H groups in total. The second kappa shape index (κ2) is 6.14. The maximum atomic E-state index is 11.1. The average molecular weight is 297 g/mol. The molecule has 0 unspecified atom stereocenters. The number of aryl methyl sites for hydroxylation is 2. The highest BCUT2D eigenvalue weighted by Crippen LogP contribution is 2.27. The fourth-order valence-corrected chi connectivity index (χ4v) is 2.25. The standard InChI is InChI=1S/C16H15N3O3/c1-10-5-13(6-11(2)16(10)20)9-18-14-4-3-12(8-17)7-15(14)19(21)22/h3-7,18,20H,9H2,1-2H3. The Morgan fingerprint density at radius 3 is 2.45 bits per heavy atom. The predicted octanol–water partition coefficient (Wildman–Crippen LogP) is 3.40. The second-order valence-electron chi connectivity index (χ2n) is 5.03. The van der Waals surface area contributed by atoms with Gasteiger partial charge in [-0.15, -0.1) is 0 Å². The lowest BCUT2D eigenvalue weighted by atomic mass is 10.1. The molecule has 0 spiro atoms. The molecule has 2 aromatic rings. The number of nitro groups is 1. The van der Waals surface area contributed by atoms with Crippen molar-refractivity contribution >= 4 is 11.4 Å². The lowest BCUT2D eigenvalue weighted by molar-refractivity contribution is -0.384.